The van der Waals surface area contributed by atoms with Crippen molar-refractivity contribution in [2.45, 2.75) is 33.6 Å². The summed E-state index contributed by atoms with van der Waals surface area (Å²) in [5, 5.41) is 0.591. The maximum atomic E-state index is 10.9. The van der Waals surface area contributed by atoms with Crippen molar-refractivity contribution in [2.24, 2.45) is 5.73 Å². The lowest BCUT2D eigenvalue weighted by atomic mass is 9.86. The molecule has 2 nitrogen and oxygen atoms in total. The van der Waals surface area contributed by atoms with E-state index < -0.39 is 5.91 Å². The highest BCUT2D eigenvalue weighted by Gasteiger charge is 2.17. The maximum absolute atomic E-state index is 10.9. The van der Waals surface area contributed by atoms with E-state index in [1.807, 2.05) is 6.07 Å². The third kappa shape index (κ3) is 3.24. The molecule has 0 bridgehead atoms. The number of hydrogen-bond acceptors (Lipinski definition) is 1. The van der Waals surface area contributed by atoms with Gasteiger partial charge in [-0.2, -0.15) is 0 Å². The van der Waals surface area contributed by atoms with Crippen molar-refractivity contribution < 1.29 is 4.79 Å². The topological polar surface area (TPSA) is 43.1 Å². The van der Waals surface area contributed by atoms with Crippen LogP contribution in [0.5, 0.6) is 0 Å². The average Bonchev–Trinajstić information content (AvgIpc) is 2.01. The van der Waals surface area contributed by atoms with E-state index in [0.29, 0.717) is 10.6 Å². The Balaban J connectivity index is 0.00000196. The lowest BCUT2D eigenvalue weighted by Gasteiger charge is -2.20. The highest BCUT2D eigenvalue weighted by molar-refractivity contribution is 6.31. The fourth-order valence-electron chi connectivity index (χ4n) is 1.28. The van der Waals surface area contributed by atoms with Gasteiger partial charge in [0.05, 0.1) is 0 Å². The van der Waals surface area contributed by atoms with Crippen LogP contribution in [0, 0.1) is 0 Å². The van der Waals surface area contributed by atoms with Gasteiger partial charge in [0.1, 0.15) is 0 Å². The third-order valence-corrected chi connectivity index (χ3v) is 2.37. The first-order valence-corrected chi connectivity index (χ1v) is 4.80. The van der Waals surface area contributed by atoms with Crippen LogP contribution < -0.4 is 5.73 Å². The lowest BCUT2D eigenvalue weighted by Crippen LogP contribution is -2.14. The molecule has 0 radical (unpaired) electrons. The lowest BCUT2D eigenvalue weighted by molar-refractivity contribution is 0.1000. The zero-order chi connectivity index (χ0) is 10.9. The first kappa shape index (κ1) is 14.0. The third-order valence-electron chi connectivity index (χ3n) is 2.06. The van der Waals surface area contributed by atoms with Gasteiger partial charge < -0.3 is 5.73 Å². The molecule has 0 aliphatic carbocycles. The molecule has 84 valence electrons. The van der Waals surface area contributed by atoms with Gasteiger partial charge in [-0.15, -0.1) is 0 Å². The predicted octanol–water partition coefficient (Wildman–Crippen LogP) is 3.37. The fourth-order valence-corrected chi connectivity index (χ4v) is 1.74. The molecular formula is C12H18ClNO. The molecule has 0 spiro atoms. The summed E-state index contributed by atoms with van der Waals surface area (Å²) in [4.78, 5) is 10.9. The minimum atomic E-state index is -0.452. The predicted molar refractivity (Wildman–Crippen MR) is 65.4 cm³/mol. The van der Waals surface area contributed by atoms with Gasteiger partial charge in [0.2, 0.25) is 5.91 Å². The highest BCUT2D eigenvalue weighted by atomic mass is 35.5. The molecule has 0 aromatic heterocycles. The Hall–Kier alpha value is -1.02. The number of nitrogens with two attached hydrogens (primary N) is 1. The molecule has 1 amide bonds. The summed E-state index contributed by atoms with van der Waals surface area (Å²) >= 11 is 6.05. The maximum Gasteiger partial charge on any atom is 0.248 e. The number of carbonyl (C=O) groups is 1. The summed E-state index contributed by atoms with van der Waals surface area (Å²) in [5.41, 5.74) is 6.59. The Morgan fingerprint density at radius 1 is 1.33 bits per heavy atom. The van der Waals surface area contributed by atoms with Crippen LogP contribution in [-0.4, -0.2) is 5.91 Å². The molecule has 0 aliphatic heterocycles. The van der Waals surface area contributed by atoms with Gasteiger partial charge in [-0.05, 0) is 23.1 Å². The summed E-state index contributed by atoms with van der Waals surface area (Å²) in [7, 11) is 0. The van der Waals surface area contributed by atoms with Crippen LogP contribution in [0.15, 0.2) is 18.2 Å². The molecule has 0 aliphatic rings. The summed E-state index contributed by atoms with van der Waals surface area (Å²) < 4.78 is 0. The number of rotatable bonds is 1. The number of halogens is 1. The van der Waals surface area contributed by atoms with Crippen LogP contribution >= 0.6 is 11.6 Å². The van der Waals surface area contributed by atoms with Gasteiger partial charge in [-0.25, -0.2) is 0 Å². The summed E-state index contributed by atoms with van der Waals surface area (Å²) in [6.07, 6.45) is 0. The molecular weight excluding hydrogens is 210 g/mol. The molecule has 0 atom stereocenters. The number of carbonyl (C=O) groups excluding carboxylic acids is 1. The number of hydrogen-bond donors (Lipinski definition) is 1. The SMILES string of the molecule is C.CC(C)(C)c1ccc(C(N)=O)cc1Cl. The fraction of sp³-hybridized carbons (Fsp3) is 0.417. The van der Waals surface area contributed by atoms with E-state index in [4.69, 9.17) is 17.3 Å². The van der Waals surface area contributed by atoms with Crippen molar-refractivity contribution in [1.29, 1.82) is 0 Å². The molecule has 0 saturated carbocycles. The molecule has 0 fully saturated rings. The minimum Gasteiger partial charge on any atom is -0.366 e. The second-order valence-corrected chi connectivity index (χ2v) is 4.72. The van der Waals surface area contributed by atoms with Crippen molar-refractivity contribution in [3.05, 3.63) is 34.3 Å². The van der Waals surface area contributed by atoms with E-state index in [1.165, 1.54) is 0 Å². The highest BCUT2D eigenvalue weighted by Crippen LogP contribution is 2.29. The zero-order valence-corrected chi connectivity index (χ0v) is 9.35. The van der Waals surface area contributed by atoms with Crippen LogP contribution in [-0.2, 0) is 5.41 Å². The zero-order valence-electron chi connectivity index (χ0n) is 8.60. The van der Waals surface area contributed by atoms with Crippen molar-refractivity contribution in [3.8, 4) is 0 Å². The van der Waals surface area contributed by atoms with Gasteiger partial charge >= 0.3 is 0 Å². The average molecular weight is 228 g/mol. The second-order valence-electron chi connectivity index (χ2n) is 4.31. The molecule has 2 N–H and O–H groups in total. The van der Waals surface area contributed by atoms with Crippen LogP contribution in [0.2, 0.25) is 5.02 Å². The van der Waals surface area contributed by atoms with E-state index in [0.717, 1.165) is 5.56 Å². The molecule has 1 aromatic rings. The largest absolute Gasteiger partial charge is 0.366 e. The number of amides is 1. The number of primary amides is 1. The summed E-state index contributed by atoms with van der Waals surface area (Å²) in [6.45, 7) is 6.20. The Morgan fingerprint density at radius 2 is 1.87 bits per heavy atom. The van der Waals surface area contributed by atoms with Crippen LogP contribution in [0.3, 0.4) is 0 Å². The Bertz CT molecular complexity index is 366. The molecule has 15 heavy (non-hydrogen) atoms. The van der Waals surface area contributed by atoms with E-state index in [-0.39, 0.29) is 12.8 Å². The smallest absolute Gasteiger partial charge is 0.248 e. The van der Waals surface area contributed by atoms with Crippen molar-refractivity contribution >= 4 is 17.5 Å². The van der Waals surface area contributed by atoms with Gasteiger partial charge in [0.25, 0.3) is 0 Å². The van der Waals surface area contributed by atoms with Crippen LogP contribution in [0.25, 0.3) is 0 Å². The molecule has 0 heterocycles. The molecule has 1 rings (SSSR count). The Kier molecular flexibility index (Phi) is 4.35. The molecule has 1 aromatic carbocycles. The van der Waals surface area contributed by atoms with Gasteiger partial charge in [0.15, 0.2) is 0 Å². The van der Waals surface area contributed by atoms with E-state index in [9.17, 15) is 4.79 Å². The van der Waals surface area contributed by atoms with E-state index in [1.54, 1.807) is 12.1 Å². The molecule has 3 heteroatoms. The van der Waals surface area contributed by atoms with Gasteiger partial charge in [-0.3, -0.25) is 4.79 Å². The Morgan fingerprint density at radius 3 is 2.20 bits per heavy atom. The van der Waals surface area contributed by atoms with E-state index in [2.05, 4.69) is 20.8 Å². The van der Waals surface area contributed by atoms with Crippen molar-refractivity contribution in [3.63, 3.8) is 0 Å². The Labute approximate surface area is 96.4 Å². The standard InChI is InChI=1S/C11H14ClNO.CH4/c1-11(2,3)8-5-4-7(10(13)14)6-9(8)12;/h4-6H,1-3H3,(H2,13,14);1H4. The van der Waals surface area contributed by atoms with Crippen LogP contribution in [0.1, 0.15) is 44.1 Å². The monoisotopic (exact) mass is 227 g/mol. The quantitative estimate of drug-likeness (QED) is 0.786. The second kappa shape index (κ2) is 4.67. The van der Waals surface area contributed by atoms with Gasteiger partial charge in [-0.1, -0.05) is 45.9 Å². The minimum absolute atomic E-state index is 0. The summed E-state index contributed by atoms with van der Waals surface area (Å²) in [5.74, 6) is -0.452. The first-order chi connectivity index (χ1) is 6.32. The van der Waals surface area contributed by atoms with Crippen molar-refractivity contribution in [1.82, 2.24) is 0 Å². The van der Waals surface area contributed by atoms with Crippen LogP contribution in [0.4, 0.5) is 0 Å². The first-order valence-electron chi connectivity index (χ1n) is 4.42. The normalized spacial score (nSPS) is 10.7. The number of benzene rings is 1. The van der Waals surface area contributed by atoms with Gasteiger partial charge in [0, 0.05) is 10.6 Å². The molecule has 0 unspecified atom stereocenters. The molecule has 0 saturated heterocycles. The van der Waals surface area contributed by atoms with E-state index >= 15 is 0 Å². The summed E-state index contributed by atoms with van der Waals surface area (Å²) in [6, 6.07) is 5.17. The van der Waals surface area contributed by atoms with Crippen molar-refractivity contribution in [2.75, 3.05) is 0 Å².